The molecule has 166 valence electrons. The quantitative estimate of drug-likeness (QED) is 0.770. The Morgan fingerprint density at radius 2 is 1.74 bits per heavy atom. The molecule has 2 aliphatic rings. The predicted molar refractivity (Wildman–Crippen MR) is 120 cm³/mol. The van der Waals surface area contributed by atoms with Crippen molar-refractivity contribution >= 4 is 15.9 Å². The molecule has 1 saturated heterocycles. The van der Waals surface area contributed by atoms with Gasteiger partial charge in [-0.25, -0.2) is 8.42 Å². The van der Waals surface area contributed by atoms with Crippen LogP contribution in [0.25, 0.3) is 0 Å². The fourth-order valence-corrected chi connectivity index (χ4v) is 5.99. The van der Waals surface area contributed by atoms with Gasteiger partial charge >= 0.3 is 0 Å². The molecular formula is C24H30N2O4S. The van der Waals surface area contributed by atoms with Gasteiger partial charge in [-0.05, 0) is 73.9 Å². The molecule has 1 fully saturated rings. The number of rotatable bonds is 5. The molecule has 1 N–H and O–H groups in total. The van der Waals surface area contributed by atoms with E-state index in [9.17, 15) is 13.2 Å². The number of ether oxygens (including phenoxy) is 1. The van der Waals surface area contributed by atoms with Gasteiger partial charge < -0.3 is 10.1 Å². The lowest BCUT2D eigenvalue weighted by molar-refractivity contribution is 0.0730. The molecule has 6 nitrogen and oxygen atoms in total. The van der Waals surface area contributed by atoms with Gasteiger partial charge in [-0.2, -0.15) is 4.31 Å². The normalized spacial score (nSPS) is 18.3. The molecule has 1 amide bonds. The Labute approximate surface area is 184 Å². The zero-order valence-corrected chi connectivity index (χ0v) is 19.0. The average molecular weight is 443 g/mol. The molecule has 31 heavy (non-hydrogen) atoms. The van der Waals surface area contributed by atoms with E-state index in [1.807, 2.05) is 6.92 Å². The summed E-state index contributed by atoms with van der Waals surface area (Å²) in [4.78, 5) is 13.1. The number of fused-ring (bicyclic) bond motifs is 1. The van der Waals surface area contributed by atoms with Crippen molar-refractivity contribution in [1.82, 2.24) is 9.62 Å². The molecule has 2 aromatic rings. The monoisotopic (exact) mass is 442 g/mol. The van der Waals surface area contributed by atoms with Gasteiger partial charge in [0.1, 0.15) is 0 Å². The zero-order chi connectivity index (χ0) is 22.0. The number of nitrogens with zero attached hydrogens (tertiary/aromatic N) is 1. The summed E-state index contributed by atoms with van der Waals surface area (Å²) in [6.45, 7) is 5.14. The molecule has 0 saturated carbocycles. The first-order valence-electron chi connectivity index (χ1n) is 11.0. The Kier molecular flexibility index (Phi) is 6.46. The van der Waals surface area contributed by atoms with E-state index in [1.54, 1.807) is 19.1 Å². The smallest absolute Gasteiger partial charge is 0.251 e. The van der Waals surface area contributed by atoms with Crippen LogP contribution in [0.4, 0.5) is 0 Å². The summed E-state index contributed by atoms with van der Waals surface area (Å²) in [5.41, 5.74) is 4.83. The molecular weight excluding hydrogens is 412 g/mol. The highest BCUT2D eigenvalue weighted by molar-refractivity contribution is 7.89. The molecule has 0 bridgehead atoms. The van der Waals surface area contributed by atoms with E-state index in [1.165, 1.54) is 34.3 Å². The molecule has 1 heterocycles. The Hall–Kier alpha value is -2.22. The fraction of sp³-hybridized carbons (Fsp3) is 0.458. The Morgan fingerprint density at radius 1 is 1.03 bits per heavy atom. The lowest BCUT2D eigenvalue weighted by Gasteiger charge is -2.27. The summed E-state index contributed by atoms with van der Waals surface area (Å²) in [5.74, 6) is -0.274. The summed E-state index contributed by atoms with van der Waals surface area (Å²) in [5, 5.41) is 3.03. The number of morpholine rings is 1. The van der Waals surface area contributed by atoms with E-state index < -0.39 is 10.0 Å². The van der Waals surface area contributed by atoms with Crippen LogP contribution >= 0.6 is 0 Å². The third kappa shape index (κ3) is 4.68. The number of nitrogens with one attached hydrogen (secondary N) is 1. The predicted octanol–water partition coefficient (Wildman–Crippen LogP) is 3.39. The van der Waals surface area contributed by atoms with Crippen molar-refractivity contribution < 1.29 is 17.9 Å². The van der Waals surface area contributed by atoms with E-state index in [4.69, 9.17) is 4.74 Å². The van der Waals surface area contributed by atoms with Crippen LogP contribution in [-0.2, 0) is 27.6 Å². The molecule has 0 spiro atoms. The lowest BCUT2D eigenvalue weighted by atomic mass is 9.89. The summed E-state index contributed by atoms with van der Waals surface area (Å²) in [6, 6.07) is 11.2. The SMILES string of the molecule is Cc1ccc(C(=O)NC(C)c2ccc3c(c2)CCCC3)cc1S(=O)(=O)N1CCOCC1. The van der Waals surface area contributed by atoms with E-state index in [-0.39, 0.29) is 16.8 Å². The van der Waals surface area contributed by atoms with Crippen LogP contribution in [0, 0.1) is 6.92 Å². The van der Waals surface area contributed by atoms with Gasteiger partial charge in [0.2, 0.25) is 10.0 Å². The van der Waals surface area contributed by atoms with Crippen LogP contribution in [0.1, 0.15) is 58.4 Å². The first kappa shape index (κ1) is 22.0. The minimum Gasteiger partial charge on any atom is -0.379 e. The number of sulfonamides is 1. The van der Waals surface area contributed by atoms with Crippen LogP contribution < -0.4 is 5.32 Å². The van der Waals surface area contributed by atoms with Crippen molar-refractivity contribution in [3.05, 3.63) is 64.2 Å². The number of aryl methyl sites for hydroxylation is 3. The van der Waals surface area contributed by atoms with E-state index >= 15 is 0 Å². The third-order valence-corrected chi connectivity index (χ3v) is 8.30. The van der Waals surface area contributed by atoms with Crippen LogP contribution in [0.15, 0.2) is 41.3 Å². The molecule has 0 aromatic heterocycles. The van der Waals surface area contributed by atoms with E-state index in [2.05, 4.69) is 23.5 Å². The first-order valence-corrected chi connectivity index (χ1v) is 12.4. The van der Waals surface area contributed by atoms with Gasteiger partial charge in [-0.1, -0.05) is 24.3 Å². The summed E-state index contributed by atoms with van der Waals surface area (Å²) in [6.07, 6.45) is 4.66. The molecule has 0 radical (unpaired) electrons. The maximum Gasteiger partial charge on any atom is 0.251 e. The maximum atomic E-state index is 13.1. The summed E-state index contributed by atoms with van der Waals surface area (Å²) < 4.78 is 32.9. The van der Waals surface area contributed by atoms with Crippen LogP contribution in [0.5, 0.6) is 0 Å². The van der Waals surface area contributed by atoms with E-state index in [0.29, 0.717) is 37.4 Å². The standard InChI is InChI=1S/C24H30N2O4S/c1-17-7-8-22(16-23(17)31(28,29)26-11-13-30-14-12-26)24(27)25-18(2)20-10-9-19-5-3-4-6-21(19)15-20/h7-10,15-16,18H,3-6,11-14H2,1-2H3,(H,25,27). The molecule has 4 rings (SSSR count). The molecule has 2 aromatic carbocycles. The second-order valence-corrected chi connectivity index (χ2v) is 10.3. The molecule has 1 unspecified atom stereocenters. The second kappa shape index (κ2) is 9.10. The minimum atomic E-state index is -3.67. The first-order chi connectivity index (χ1) is 14.9. The summed E-state index contributed by atoms with van der Waals surface area (Å²) in [7, 11) is -3.67. The number of amides is 1. The minimum absolute atomic E-state index is 0.166. The van der Waals surface area contributed by atoms with Crippen molar-refractivity contribution in [3.8, 4) is 0 Å². The molecule has 1 aliphatic carbocycles. The van der Waals surface area contributed by atoms with E-state index in [0.717, 1.165) is 18.4 Å². The van der Waals surface area contributed by atoms with Gasteiger partial charge in [0.05, 0.1) is 24.2 Å². The highest BCUT2D eigenvalue weighted by Gasteiger charge is 2.28. The number of hydrogen-bond acceptors (Lipinski definition) is 4. The third-order valence-electron chi connectivity index (χ3n) is 6.26. The van der Waals surface area contributed by atoms with Crippen LogP contribution in [-0.4, -0.2) is 44.9 Å². The van der Waals surface area contributed by atoms with Crippen molar-refractivity contribution in [3.63, 3.8) is 0 Å². The topological polar surface area (TPSA) is 75.7 Å². The summed E-state index contributed by atoms with van der Waals surface area (Å²) >= 11 is 0. The number of carbonyl (C=O) groups is 1. The average Bonchev–Trinajstić information content (AvgIpc) is 2.79. The van der Waals surface area contributed by atoms with Crippen molar-refractivity contribution in [2.75, 3.05) is 26.3 Å². The van der Waals surface area contributed by atoms with Crippen LogP contribution in [0.2, 0.25) is 0 Å². The van der Waals surface area contributed by atoms with Gasteiger partial charge in [-0.15, -0.1) is 0 Å². The molecule has 7 heteroatoms. The fourth-order valence-electron chi connectivity index (χ4n) is 4.33. The highest BCUT2D eigenvalue weighted by Crippen LogP contribution is 2.26. The Morgan fingerprint density at radius 3 is 2.48 bits per heavy atom. The molecule has 1 aliphatic heterocycles. The number of benzene rings is 2. The number of hydrogen-bond donors (Lipinski definition) is 1. The van der Waals surface area contributed by atoms with Crippen molar-refractivity contribution in [1.29, 1.82) is 0 Å². The van der Waals surface area contributed by atoms with Crippen molar-refractivity contribution in [2.24, 2.45) is 0 Å². The van der Waals surface area contributed by atoms with Crippen molar-refractivity contribution in [2.45, 2.75) is 50.5 Å². The second-order valence-electron chi connectivity index (χ2n) is 8.43. The van der Waals surface area contributed by atoms with Gasteiger partial charge in [0.25, 0.3) is 5.91 Å². The Bertz CT molecular complexity index is 1070. The largest absolute Gasteiger partial charge is 0.379 e. The van der Waals surface area contributed by atoms with Gasteiger partial charge in [-0.3, -0.25) is 4.79 Å². The molecule has 1 atom stereocenters. The zero-order valence-electron chi connectivity index (χ0n) is 18.2. The number of carbonyl (C=O) groups excluding carboxylic acids is 1. The van der Waals surface area contributed by atoms with Crippen LogP contribution in [0.3, 0.4) is 0 Å². The lowest BCUT2D eigenvalue weighted by Crippen LogP contribution is -2.41. The van der Waals surface area contributed by atoms with Gasteiger partial charge in [0, 0.05) is 18.7 Å². The Balaban J connectivity index is 1.53. The highest BCUT2D eigenvalue weighted by atomic mass is 32.2. The van der Waals surface area contributed by atoms with Gasteiger partial charge in [0.15, 0.2) is 0 Å². The maximum absolute atomic E-state index is 13.1.